The topological polar surface area (TPSA) is 115 Å². The summed E-state index contributed by atoms with van der Waals surface area (Å²) in [5.74, 6) is -0.0185. The van der Waals surface area contributed by atoms with Gasteiger partial charge in [-0.2, -0.15) is 0 Å². The molecule has 1 fully saturated rings. The number of nitrogens with two attached hydrogens (primary N) is 2. The predicted octanol–water partition coefficient (Wildman–Crippen LogP) is 1.32. The number of nitrogens with one attached hydrogen (secondary N) is 1. The molecule has 2 rings (SSSR count). The smallest absolute Gasteiger partial charge is 0.224 e. The van der Waals surface area contributed by atoms with Crippen LogP contribution in [-0.4, -0.2) is 20.4 Å². The lowest BCUT2D eigenvalue weighted by molar-refractivity contribution is -0.117. The second kappa shape index (κ2) is 7.21. The summed E-state index contributed by atoms with van der Waals surface area (Å²) in [5, 5.41) is 7.82. The molecule has 2 unspecified atom stereocenters. The molecule has 22 heavy (non-hydrogen) atoms. The highest BCUT2D eigenvalue weighted by Crippen LogP contribution is 2.26. The molecule has 122 valence electrons. The van der Waals surface area contributed by atoms with Gasteiger partial charge in [0.1, 0.15) is 0 Å². The third kappa shape index (κ3) is 5.40. The summed E-state index contributed by atoms with van der Waals surface area (Å²) in [7, 11) is -3.54. The highest BCUT2D eigenvalue weighted by atomic mass is 32.2. The first-order valence-electron chi connectivity index (χ1n) is 7.48. The van der Waals surface area contributed by atoms with Gasteiger partial charge in [0.2, 0.25) is 15.9 Å². The first-order valence-corrected chi connectivity index (χ1v) is 9.20. The van der Waals surface area contributed by atoms with Crippen molar-refractivity contribution < 1.29 is 13.2 Å². The number of primary sulfonamides is 1. The average molecular weight is 325 g/mol. The highest BCUT2D eigenvalue weighted by Gasteiger charge is 2.24. The highest BCUT2D eigenvalue weighted by molar-refractivity contribution is 7.88. The fraction of sp³-hybridized carbons (Fsp3) is 0.533. The standard InChI is InChI=1S/C15H23N3O3S/c16-14-4-2-1-3-12(14)9-15(19)18-13-7-5-11(6-8-13)10-22(17,20)21/h5-8,12,14H,1-4,9-10,16H2,(H,18,19)(H2,17,20,21). The van der Waals surface area contributed by atoms with Gasteiger partial charge in [0.15, 0.2) is 0 Å². The number of carbonyl (C=O) groups is 1. The largest absolute Gasteiger partial charge is 0.327 e. The van der Waals surface area contributed by atoms with Gasteiger partial charge >= 0.3 is 0 Å². The Morgan fingerprint density at radius 1 is 1.18 bits per heavy atom. The Kier molecular flexibility index (Phi) is 5.55. The first-order chi connectivity index (χ1) is 10.3. The lowest BCUT2D eigenvalue weighted by atomic mass is 9.83. The van der Waals surface area contributed by atoms with E-state index >= 15 is 0 Å². The van der Waals surface area contributed by atoms with Gasteiger partial charge in [-0.25, -0.2) is 13.6 Å². The average Bonchev–Trinajstić information content (AvgIpc) is 2.42. The second-order valence-electron chi connectivity index (χ2n) is 5.96. The Morgan fingerprint density at radius 3 is 2.41 bits per heavy atom. The summed E-state index contributed by atoms with van der Waals surface area (Å²) < 4.78 is 22.0. The molecular weight excluding hydrogens is 302 g/mol. The minimum Gasteiger partial charge on any atom is -0.327 e. The van der Waals surface area contributed by atoms with Gasteiger partial charge in [-0.15, -0.1) is 0 Å². The third-order valence-electron chi connectivity index (χ3n) is 4.02. The van der Waals surface area contributed by atoms with Crippen LogP contribution in [-0.2, 0) is 20.6 Å². The summed E-state index contributed by atoms with van der Waals surface area (Å²) in [6.07, 6.45) is 4.70. The van der Waals surface area contributed by atoms with Crippen molar-refractivity contribution in [2.75, 3.05) is 5.32 Å². The molecule has 1 aliphatic carbocycles. The van der Waals surface area contributed by atoms with Crippen molar-refractivity contribution in [1.82, 2.24) is 0 Å². The summed E-state index contributed by atoms with van der Waals surface area (Å²) >= 11 is 0. The molecule has 0 spiro atoms. The van der Waals surface area contributed by atoms with Crippen molar-refractivity contribution in [3.63, 3.8) is 0 Å². The summed E-state index contributed by atoms with van der Waals surface area (Å²) in [6, 6.07) is 6.76. The molecule has 7 heteroatoms. The van der Waals surface area contributed by atoms with Crippen LogP contribution in [0.4, 0.5) is 5.69 Å². The molecule has 1 aromatic rings. The molecule has 0 aromatic heterocycles. The normalized spacial score (nSPS) is 22.3. The fourth-order valence-electron chi connectivity index (χ4n) is 2.86. The SMILES string of the molecule is NC1CCCCC1CC(=O)Nc1ccc(CS(N)(=O)=O)cc1. The number of carbonyl (C=O) groups excluding carboxylic acids is 1. The van der Waals surface area contributed by atoms with Crippen LogP contribution in [0, 0.1) is 5.92 Å². The van der Waals surface area contributed by atoms with E-state index in [0.717, 1.165) is 25.7 Å². The van der Waals surface area contributed by atoms with Gasteiger partial charge in [-0.1, -0.05) is 25.0 Å². The van der Waals surface area contributed by atoms with Crippen LogP contribution in [0.1, 0.15) is 37.7 Å². The number of hydrogen-bond acceptors (Lipinski definition) is 4. The van der Waals surface area contributed by atoms with Crippen LogP contribution >= 0.6 is 0 Å². The van der Waals surface area contributed by atoms with Gasteiger partial charge in [0, 0.05) is 18.2 Å². The number of hydrogen-bond donors (Lipinski definition) is 3. The first kappa shape index (κ1) is 16.9. The van der Waals surface area contributed by atoms with Crippen LogP contribution in [0.5, 0.6) is 0 Å². The van der Waals surface area contributed by atoms with E-state index in [2.05, 4.69) is 5.32 Å². The van der Waals surface area contributed by atoms with Crippen molar-refractivity contribution in [2.45, 2.75) is 43.9 Å². The van der Waals surface area contributed by atoms with Gasteiger partial charge in [-0.05, 0) is 36.5 Å². The fourth-order valence-corrected chi connectivity index (χ4v) is 3.51. The zero-order chi connectivity index (χ0) is 16.2. The Hall–Kier alpha value is -1.44. The lowest BCUT2D eigenvalue weighted by Crippen LogP contribution is -2.35. The van der Waals surface area contributed by atoms with E-state index in [9.17, 15) is 13.2 Å². The number of rotatable bonds is 5. The number of sulfonamides is 1. The molecule has 5 N–H and O–H groups in total. The van der Waals surface area contributed by atoms with Crippen LogP contribution in [0.2, 0.25) is 0 Å². The molecule has 0 radical (unpaired) electrons. The minimum absolute atomic E-state index is 0.0541. The maximum atomic E-state index is 12.1. The molecule has 0 heterocycles. The zero-order valence-corrected chi connectivity index (χ0v) is 13.3. The van der Waals surface area contributed by atoms with Crippen LogP contribution in [0.3, 0.4) is 0 Å². The van der Waals surface area contributed by atoms with Crippen molar-refractivity contribution in [3.05, 3.63) is 29.8 Å². The maximum absolute atomic E-state index is 12.1. The van der Waals surface area contributed by atoms with E-state index in [1.165, 1.54) is 0 Å². The molecule has 2 atom stereocenters. The number of anilines is 1. The Bertz CT molecular complexity index is 613. The van der Waals surface area contributed by atoms with E-state index in [1.54, 1.807) is 24.3 Å². The molecule has 0 saturated heterocycles. The van der Waals surface area contributed by atoms with Crippen molar-refractivity contribution >= 4 is 21.6 Å². The third-order valence-corrected chi connectivity index (χ3v) is 4.76. The Balaban J connectivity index is 1.88. The summed E-state index contributed by atoms with van der Waals surface area (Å²) in [5.41, 5.74) is 7.29. The van der Waals surface area contributed by atoms with Crippen molar-refractivity contribution in [1.29, 1.82) is 0 Å². The Labute approximate surface area is 131 Å². The van der Waals surface area contributed by atoms with E-state index in [4.69, 9.17) is 10.9 Å². The second-order valence-corrected chi connectivity index (χ2v) is 7.58. The molecule has 1 saturated carbocycles. The summed E-state index contributed by atoms with van der Waals surface area (Å²) in [4.78, 5) is 12.1. The molecule has 0 aliphatic heterocycles. The van der Waals surface area contributed by atoms with Gasteiger partial charge in [0.25, 0.3) is 0 Å². The van der Waals surface area contributed by atoms with Crippen LogP contribution in [0.25, 0.3) is 0 Å². The maximum Gasteiger partial charge on any atom is 0.224 e. The number of benzene rings is 1. The molecule has 1 amide bonds. The van der Waals surface area contributed by atoms with Gasteiger partial charge in [-0.3, -0.25) is 4.79 Å². The number of amides is 1. The van der Waals surface area contributed by atoms with E-state index < -0.39 is 10.0 Å². The van der Waals surface area contributed by atoms with Gasteiger partial charge in [0.05, 0.1) is 5.75 Å². The van der Waals surface area contributed by atoms with E-state index in [0.29, 0.717) is 17.7 Å². The van der Waals surface area contributed by atoms with Crippen molar-refractivity contribution in [3.8, 4) is 0 Å². The molecular formula is C15H23N3O3S. The quantitative estimate of drug-likeness (QED) is 0.757. The van der Waals surface area contributed by atoms with E-state index in [1.807, 2.05) is 0 Å². The summed E-state index contributed by atoms with van der Waals surface area (Å²) in [6.45, 7) is 0. The van der Waals surface area contributed by atoms with Crippen molar-refractivity contribution in [2.24, 2.45) is 16.8 Å². The zero-order valence-electron chi connectivity index (χ0n) is 12.5. The molecule has 6 nitrogen and oxygen atoms in total. The Morgan fingerprint density at radius 2 is 1.82 bits per heavy atom. The predicted molar refractivity (Wildman–Crippen MR) is 86.4 cm³/mol. The minimum atomic E-state index is -3.54. The van der Waals surface area contributed by atoms with E-state index in [-0.39, 0.29) is 23.6 Å². The monoisotopic (exact) mass is 325 g/mol. The molecule has 1 aliphatic rings. The lowest BCUT2D eigenvalue weighted by Gasteiger charge is -2.27. The molecule has 0 bridgehead atoms. The van der Waals surface area contributed by atoms with Gasteiger partial charge < -0.3 is 11.1 Å². The molecule has 1 aromatic carbocycles. The van der Waals surface area contributed by atoms with Crippen LogP contribution < -0.4 is 16.2 Å². The van der Waals surface area contributed by atoms with Crippen LogP contribution in [0.15, 0.2) is 24.3 Å².